The monoisotopic (exact) mass is 1210 g/mol. The van der Waals surface area contributed by atoms with E-state index in [9.17, 15) is 0 Å². The van der Waals surface area contributed by atoms with Crippen LogP contribution in [0, 0.1) is 0 Å². The van der Waals surface area contributed by atoms with Gasteiger partial charge in [-0.2, -0.15) is 0 Å². The van der Waals surface area contributed by atoms with Crippen LogP contribution in [0.3, 0.4) is 0 Å². The molecule has 94 heavy (non-hydrogen) atoms. The Morgan fingerprint density at radius 3 is 1.10 bits per heavy atom. The summed E-state index contributed by atoms with van der Waals surface area (Å²) in [5.41, 5.74) is 24.2. The summed E-state index contributed by atoms with van der Waals surface area (Å²) in [6.45, 7) is 9.25. The average Bonchev–Trinajstić information content (AvgIpc) is 1.56. The van der Waals surface area contributed by atoms with Gasteiger partial charge in [0.1, 0.15) is 28.0 Å². The van der Waals surface area contributed by atoms with Gasteiger partial charge in [0.15, 0.2) is 34.9 Å². The molecule has 0 fully saturated rings. The van der Waals surface area contributed by atoms with Crippen molar-refractivity contribution in [1.29, 1.82) is 0 Å². The van der Waals surface area contributed by atoms with Gasteiger partial charge in [0.2, 0.25) is 0 Å². The molecule has 9 nitrogen and oxygen atoms in total. The maximum Gasteiger partial charge on any atom is 0.182 e. The summed E-state index contributed by atoms with van der Waals surface area (Å²) >= 11 is 0. The van der Waals surface area contributed by atoms with Crippen molar-refractivity contribution in [3.05, 3.63) is 295 Å². The van der Waals surface area contributed by atoms with Gasteiger partial charge in [0.05, 0.1) is 0 Å². The van der Waals surface area contributed by atoms with Crippen LogP contribution in [0.1, 0.15) is 62.8 Å². The molecule has 0 unspecified atom stereocenters. The number of hydrogen-bond acceptors (Lipinski definition) is 9. The van der Waals surface area contributed by atoms with Crippen molar-refractivity contribution < 1.29 is 8.83 Å². The van der Waals surface area contributed by atoms with E-state index < -0.39 is 0 Å². The van der Waals surface area contributed by atoms with Gasteiger partial charge in [-0.1, -0.05) is 234 Å². The van der Waals surface area contributed by atoms with Gasteiger partial charge in [-0.05, 0) is 140 Å². The predicted octanol–water partition coefficient (Wildman–Crippen LogP) is 21.7. The molecule has 0 saturated carbocycles. The summed E-state index contributed by atoms with van der Waals surface area (Å²) in [4.78, 5) is 33.5. The molecule has 0 amide bonds. The van der Waals surface area contributed by atoms with E-state index >= 15 is 0 Å². The van der Waals surface area contributed by atoms with Gasteiger partial charge in [-0.3, -0.25) is 4.98 Å². The van der Waals surface area contributed by atoms with Crippen LogP contribution in [0.25, 0.3) is 157 Å². The maximum absolute atomic E-state index is 6.57. The second-order valence-electron chi connectivity index (χ2n) is 25.0. The number of nitrogens with zero attached hydrogens (tertiary/aromatic N) is 7. The summed E-state index contributed by atoms with van der Waals surface area (Å²) in [5.74, 6) is 3.72. The molecule has 0 radical (unpaired) electrons. The van der Waals surface area contributed by atoms with E-state index in [0.717, 1.165) is 101 Å². The minimum absolute atomic E-state index is 0.0354. The Kier molecular flexibility index (Phi) is 13.5. The van der Waals surface area contributed by atoms with Crippen LogP contribution >= 0.6 is 0 Å². The van der Waals surface area contributed by atoms with Crippen LogP contribution in [-0.2, 0) is 10.8 Å². The number of benzene rings is 11. The van der Waals surface area contributed by atoms with Crippen LogP contribution in [0.2, 0.25) is 0 Å². The zero-order valence-corrected chi connectivity index (χ0v) is 52.3. The molecule has 2 aliphatic rings. The van der Waals surface area contributed by atoms with Crippen LogP contribution < -0.4 is 0 Å². The first-order chi connectivity index (χ1) is 46.2. The second-order valence-corrected chi connectivity index (χ2v) is 25.0. The SMILES string of the molecule is CC1(C)c2ccccc2-c2cc3oc4cc(-c5ccc(-c6nc(-c7ccccc7)nc(-c7ccccn7)n6)cc5)ccc4c3cc21.CCC1(CC)c2ccccc2-c2cc3oc4cc(-c5ccc(-c6nc(-c7ccccc7)nc(-c7ccccc7)n6)cc5)ccc4c3cc21. The Labute approximate surface area is 544 Å². The minimum atomic E-state index is -0.0514. The van der Waals surface area contributed by atoms with Gasteiger partial charge >= 0.3 is 0 Å². The highest BCUT2D eigenvalue weighted by Crippen LogP contribution is 2.55. The molecular formula is C85H61N7O2. The Morgan fingerprint density at radius 2 is 0.638 bits per heavy atom. The van der Waals surface area contributed by atoms with Crippen molar-refractivity contribution in [3.8, 4) is 113 Å². The van der Waals surface area contributed by atoms with Crippen LogP contribution in [-0.4, -0.2) is 34.9 Å². The highest BCUT2D eigenvalue weighted by molar-refractivity contribution is 6.10. The first-order valence-corrected chi connectivity index (χ1v) is 32.2. The zero-order chi connectivity index (χ0) is 63.1. The van der Waals surface area contributed by atoms with Crippen LogP contribution in [0.5, 0.6) is 0 Å². The van der Waals surface area contributed by atoms with Crippen molar-refractivity contribution in [1.82, 2.24) is 34.9 Å². The molecule has 0 spiro atoms. The van der Waals surface area contributed by atoms with E-state index in [1.54, 1.807) is 6.20 Å². The van der Waals surface area contributed by atoms with Crippen molar-refractivity contribution in [2.75, 3.05) is 0 Å². The molecule has 9 heteroatoms. The molecule has 0 bridgehead atoms. The molecule has 16 aromatic rings. The smallest absolute Gasteiger partial charge is 0.182 e. The lowest BCUT2D eigenvalue weighted by atomic mass is 9.73. The quantitative estimate of drug-likeness (QED) is 0.132. The molecule has 0 aliphatic heterocycles. The highest BCUT2D eigenvalue weighted by atomic mass is 16.3. The molecule has 2 aliphatic carbocycles. The largest absolute Gasteiger partial charge is 0.456 e. The maximum atomic E-state index is 6.57. The number of pyridine rings is 1. The van der Waals surface area contributed by atoms with E-state index in [1.807, 2.05) is 109 Å². The van der Waals surface area contributed by atoms with Crippen molar-refractivity contribution in [3.63, 3.8) is 0 Å². The standard InChI is InChI=1S/C44H33N3O.C41H28N4O/c1-3-44(4-2)37-18-12-11-17-33(37)35-27-40-36(26-38(35)44)34-24-23-32(25-39(34)48-40)28-19-21-31(22-20-28)43-46-41(29-13-7-5-8-14-29)45-42(47-43)30-15-9-6-10-16-30;1-41(2)33-13-7-6-12-29(33)31-24-37-32(23-34(31)41)30-20-19-28(22-36(30)46-37)25-15-17-27(18-16-25)39-43-38(26-10-4-3-5-11-26)44-40(45-39)35-14-8-9-21-42-35/h5-27H,3-4H2,1-2H3;3-24H,1-2H3. The molecular weight excluding hydrogens is 1150 g/mol. The van der Waals surface area contributed by atoms with Crippen molar-refractivity contribution in [2.24, 2.45) is 0 Å². The number of rotatable bonds is 10. The fourth-order valence-corrected chi connectivity index (χ4v) is 14.5. The predicted molar refractivity (Wildman–Crippen MR) is 380 cm³/mol. The molecule has 5 heterocycles. The third kappa shape index (κ3) is 9.49. The first kappa shape index (κ1) is 56.2. The lowest BCUT2D eigenvalue weighted by molar-refractivity contribution is 0.491. The van der Waals surface area contributed by atoms with Gasteiger partial charge < -0.3 is 8.83 Å². The molecule has 11 aromatic carbocycles. The Balaban J connectivity index is 0.000000143. The fraction of sp³-hybridized carbons (Fsp3) is 0.0941. The van der Waals surface area contributed by atoms with E-state index in [-0.39, 0.29) is 10.8 Å². The molecule has 0 N–H and O–H groups in total. The summed E-state index contributed by atoms with van der Waals surface area (Å²) < 4.78 is 13.1. The minimum Gasteiger partial charge on any atom is -0.456 e. The van der Waals surface area contributed by atoms with Crippen molar-refractivity contribution >= 4 is 43.9 Å². The van der Waals surface area contributed by atoms with E-state index in [1.165, 1.54) is 49.9 Å². The Hall–Kier alpha value is -11.8. The van der Waals surface area contributed by atoms with Gasteiger partial charge in [0, 0.05) is 66.4 Å². The summed E-state index contributed by atoms with van der Waals surface area (Å²) in [6.07, 6.45) is 3.89. The first-order valence-electron chi connectivity index (χ1n) is 32.2. The van der Waals surface area contributed by atoms with E-state index in [0.29, 0.717) is 40.6 Å². The lowest BCUT2D eigenvalue weighted by Gasteiger charge is -2.29. The molecule has 18 rings (SSSR count). The van der Waals surface area contributed by atoms with Crippen LogP contribution in [0.15, 0.2) is 282 Å². The summed E-state index contributed by atoms with van der Waals surface area (Å²) in [6, 6.07) is 92.6. The van der Waals surface area contributed by atoms with E-state index in [2.05, 4.69) is 190 Å². The van der Waals surface area contributed by atoms with Crippen molar-refractivity contribution in [2.45, 2.75) is 51.4 Å². The normalized spacial score (nSPS) is 13.1. The third-order valence-electron chi connectivity index (χ3n) is 19.5. The Morgan fingerprint density at radius 1 is 0.277 bits per heavy atom. The molecule has 5 aromatic heterocycles. The lowest BCUT2D eigenvalue weighted by Crippen LogP contribution is -2.22. The summed E-state index contributed by atoms with van der Waals surface area (Å²) in [5, 5.41) is 4.62. The molecule has 448 valence electrons. The van der Waals surface area contributed by atoms with Gasteiger partial charge in [-0.15, -0.1) is 0 Å². The average molecular weight is 1210 g/mol. The summed E-state index contributed by atoms with van der Waals surface area (Å²) in [7, 11) is 0. The van der Waals surface area contributed by atoms with Gasteiger partial charge in [-0.25, -0.2) is 29.9 Å². The number of fused-ring (bicyclic) bond motifs is 12. The fourth-order valence-electron chi connectivity index (χ4n) is 14.5. The second kappa shape index (κ2) is 22.5. The Bertz CT molecular complexity index is 5470. The molecule has 0 saturated heterocycles. The number of hydrogen-bond donors (Lipinski definition) is 0. The van der Waals surface area contributed by atoms with E-state index in [4.69, 9.17) is 38.7 Å². The topological polar surface area (TPSA) is 117 Å². The van der Waals surface area contributed by atoms with Gasteiger partial charge in [0.25, 0.3) is 0 Å². The van der Waals surface area contributed by atoms with Crippen LogP contribution in [0.4, 0.5) is 0 Å². The number of furan rings is 2. The molecule has 0 atom stereocenters. The zero-order valence-electron chi connectivity index (χ0n) is 52.3. The highest BCUT2D eigenvalue weighted by Gasteiger charge is 2.41. The number of aromatic nitrogens is 7. The third-order valence-corrected chi connectivity index (χ3v) is 19.5.